The Morgan fingerprint density at radius 3 is 2.41 bits per heavy atom. The Morgan fingerprint density at radius 2 is 1.62 bits per heavy atom. The lowest BCUT2D eigenvalue weighted by molar-refractivity contribution is 0.0914. The molecule has 9 nitrogen and oxygen atoms in total. The van der Waals surface area contributed by atoms with E-state index in [-0.39, 0.29) is 31.4 Å². The van der Waals surface area contributed by atoms with Gasteiger partial charge < -0.3 is 30.3 Å². The van der Waals surface area contributed by atoms with Gasteiger partial charge in [-0.25, -0.2) is 0 Å². The standard InChI is InChI=1S/C30H26N4O5/c31-24-9-2-3-10-25(24)34-29(35)20-12-14-22(15-13-20)37-18-17-33-30(36)28-27(23-8-1-4-11-26(23)39-28)38-19-21-7-5-6-16-32-21/h1-16H,17-19,31H2,(H,33,36)(H,34,35). The summed E-state index contributed by atoms with van der Waals surface area (Å²) in [6.07, 6.45) is 1.68. The fourth-order valence-corrected chi connectivity index (χ4v) is 3.87. The third-order valence-corrected chi connectivity index (χ3v) is 5.83. The van der Waals surface area contributed by atoms with Gasteiger partial charge in [-0.05, 0) is 60.7 Å². The average Bonchev–Trinajstić information content (AvgIpc) is 3.35. The lowest BCUT2D eigenvalue weighted by atomic mass is 10.2. The van der Waals surface area contributed by atoms with Crippen LogP contribution in [0.5, 0.6) is 11.5 Å². The molecule has 39 heavy (non-hydrogen) atoms. The number of aromatic nitrogens is 1. The molecule has 0 bridgehead atoms. The van der Waals surface area contributed by atoms with Gasteiger partial charge in [0.1, 0.15) is 24.5 Å². The molecule has 0 aliphatic heterocycles. The first-order valence-electron chi connectivity index (χ1n) is 12.3. The summed E-state index contributed by atoms with van der Waals surface area (Å²) in [5, 5.41) is 6.29. The second-order valence-electron chi connectivity index (χ2n) is 8.54. The highest BCUT2D eigenvalue weighted by Crippen LogP contribution is 2.33. The van der Waals surface area contributed by atoms with Crippen LogP contribution in [-0.4, -0.2) is 29.9 Å². The van der Waals surface area contributed by atoms with E-state index in [9.17, 15) is 9.59 Å². The summed E-state index contributed by atoms with van der Waals surface area (Å²) in [7, 11) is 0. The van der Waals surface area contributed by atoms with Crippen molar-refractivity contribution in [3.05, 3.63) is 114 Å². The number of fused-ring (bicyclic) bond motifs is 1. The molecule has 0 radical (unpaired) electrons. The predicted octanol–water partition coefficient (Wildman–Crippen LogP) is 5.05. The van der Waals surface area contributed by atoms with E-state index >= 15 is 0 Å². The van der Waals surface area contributed by atoms with E-state index in [2.05, 4.69) is 15.6 Å². The van der Waals surface area contributed by atoms with Gasteiger partial charge in [0, 0.05) is 11.8 Å². The Kier molecular flexibility index (Phi) is 7.68. The van der Waals surface area contributed by atoms with Crippen molar-refractivity contribution in [1.29, 1.82) is 0 Å². The smallest absolute Gasteiger partial charge is 0.291 e. The number of nitrogens with zero attached hydrogens (tertiary/aromatic N) is 1. The fourth-order valence-electron chi connectivity index (χ4n) is 3.87. The van der Waals surface area contributed by atoms with Gasteiger partial charge in [0.05, 0.1) is 29.0 Å². The number of hydrogen-bond acceptors (Lipinski definition) is 7. The zero-order chi connectivity index (χ0) is 27.0. The average molecular weight is 523 g/mol. The van der Waals surface area contributed by atoms with Crippen molar-refractivity contribution >= 4 is 34.2 Å². The number of furan rings is 1. The highest BCUT2D eigenvalue weighted by atomic mass is 16.5. The second-order valence-corrected chi connectivity index (χ2v) is 8.54. The summed E-state index contributed by atoms with van der Waals surface area (Å²) in [5.74, 6) is 0.308. The predicted molar refractivity (Wildman–Crippen MR) is 148 cm³/mol. The van der Waals surface area contributed by atoms with Gasteiger partial charge in [-0.15, -0.1) is 0 Å². The van der Waals surface area contributed by atoms with Crippen LogP contribution in [0.2, 0.25) is 0 Å². The highest BCUT2D eigenvalue weighted by Gasteiger charge is 2.22. The Morgan fingerprint density at radius 1 is 0.846 bits per heavy atom. The van der Waals surface area contributed by atoms with E-state index in [1.54, 1.807) is 60.8 Å². The number of carbonyl (C=O) groups is 2. The van der Waals surface area contributed by atoms with Crippen molar-refractivity contribution in [2.75, 3.05) is 24.2 Å². The van der Waals surface area contributed by atoms with Crippen LogP contribution < -0.4 is 25.8 Å². The van der Waals surface area contributed by atoms with Gasteiger partial charge in [-0.2, -0.15) is 0 Å². The fraction of sp³-hybridized carbons (Fsp3) is 0.100. The Balaban J connectivity index is 1.15. The van der Waals surface area contributed by atoms with Gasteiger partial charge in [0.2, 0.25) is 5.76 Å². The van der Waals surface area contributed by atoms with Crippen LogP contribution in [0.3, 0.4) is 0 Å². The van der Waals surface area contributed by atoms with E-state index in [0.29, 0.717) is 39.4 Å². The molecule has 0 saturated carbocycles. The van der Waals surface area contributed by atoms with E-state index in [4.69, 9.17) is 19.6 Å². The number of nitrogen functional groups attached to an aromatic ring is 1. The normalized spacial score (nSPS) is 10.7. The summed E-state index contributed by atoms with van der Waals surface area (Å²) >= 11 is 0. The highest BCUT2D eigenvalue weighted by molar-refractivity contribution is 6.05. The van der Waals surface area contributed by atoms with Crippen molar-refractivity contribution in [3.8, 4) is 11.5 Å². The Labute approximate surface area is 224 Å². The number of nitrogens with one attached hydrogen (secondary N) is 2. The molecule has 0 aliphatic rings. The minimum absolute atomic E-state index is 0.0848. The second kappa shape index (κ2) is 11.8. The molecular formula is C30H26N4O5. The number of hydrogen-bond donors (Lipinski definition) is 3. The van der Waals surface area contributed by atoms with Crippen LogP contribution in [0.1, 0.15) is 26.6 Å². The summed E-state index contributed by atoms with van der Waals surface area (Å²) in [5.41, 5.74) is 8.66. The maximum atomic E-state index is 12.9. The monoisotopic (exact) mass is 522 g/mol. The number of amides is 2. The third-order valence-electron chi connectivity index (χ3n) is 5.83. The Bertz CT molecular complexity index is 1580. The molecule has 0 aliphatic carbocycles. The molecule has 0 atom stereocenters. The zero-order valence-corrected chi connectivity index (χ0v) is 20.9. The molecule has 0 saturated heterocycles. The van der Waals surface area contributed by atoms with Gasteiger partial charge in [-0.3, -0.25) is 14.6 Å². The van der Waals surface area contributed by atoms with E-state index in [1.165, 1.54) is 0 Å². The van der Waals surface area contributed by atoms with Crippen LogP contribution in [0.15, 0.2) is 102 Å². The zero-order valence-electron chi connectivity index (χ0n) is 20.9. The van der Waals surface area contributed by atoms with Crippen molar-refractivity contribution in [3.63, 3.8) is 0 Å². The molecule has 2 amide bonds. The largest absolute Gasteiger partial charge is 0.492 e. The van der Waals surface area contributed by atoms with Crippen molar-refractivity contribution in [2.45, 2.75) is 6.61 Å². The van der Waals surface area contributed by atoms with Crippen molar-refractivity contribution < 1.29 is 23.5 Å². The summed E-state index contributed by atoms with van der Waals surface area (Å²) in [6, 6.07) is 26.6. The topological polar surface area (TPSA) is 129 Å². The van der Waals surface area contributed by atoms with Crippen molar-refractivity contribution in [2.24, 2.45) is 0 Å². The minimum atomic E-state index is -0.418. The maximum Gasteiger partial charge on any atom is 0.291 e. The molecule has 5 rings (SSSR count). The van der Waals surface area contributed by atoms with E-state index < -0.39 is 5.91 Å². The van der Waals surface area contributed by atoms with Crippen LogP contribution in [-0.2, 0) is 6.61 Å². The summed E-state index contributed by atoms with van der Waals surface area (Å²) in [6.45, 7) is 0.633. The third kappa shape index (κ3) is 6.16. The molecule has 5 aromatic rings. The number of ether oxygens (including phenoxy) is 2. The molecule has 196 valence electrons. The molecule has 2 aromatic heterocycles. The van der Waals surface area contributed by atoms with E-state index in [0.717, 1.165) is 5.69 Å². The number of nitrogens with two attached hydrogens (primary N) is 1. The number of para-hydroxylation sites is 3. The van der Waals surface area contributed by atoms with Gasteiger partial charge >= 0.3 is 0 Å². The molecule has 3 aromatic carbocycles. The van der Waals surface area contributed by atoms with Gasteiger partial charge in [-0.1, -0.05) is 30.3 Å². The number of benzene rings is 3. The lowest BCUT2D eigenvalue weighted by Gasteiger charge is -2.10. The number of anilines is 2. The molecule has 0 fully saturated rings. The first-order chi connectivity index (χ1) is 19.1. The first kappa shape index (κ1) is 25.3. The van der Waals surface area contributed by atoms with Crippen LogP contribution >= 0.6 is 0 Å². The SMILES string of the molecule is Nc1ccccc1NC(=O)c1ccc(OCCNC(=O)c2oc3ccccc3c2OCc2ccccn2)cc1. The maximum absolute atomic E-state index is 12.9. The van der Waals surface area contributed by atoms with Gasteiger partial charge in [0.15, 0.2) is 5.75 Å². The number of rotatable bonds is 10. The molecule has 0 unspecified atom stereocenters. The first-order valence-corrected chi connectivity index (χ1v) is 12.3. The molecule has 0 spiro atoms. The summed E-state index contributed by atoms with van der Waals surface area (Å²) < 4.78 is 17.5. The molecule has 9 heteroatoms. The van der Waals surface area contributed by atoms with Crippen LogP contribution in [0.25, 0.3) is 11.0 Å². The quantitative estimate of drug-likeness (QED) is 0.173. The Hall–Kier alpha value is -5.31. The summed E-state index contributed by atoms with van der Waals surface area (Å²) in [4.78, 5) is 29.7. The molecule has 4 N–H and O–H groups in total. The molecular weight excluding hydrogens is 496 g/mol. The lowest BCUT2D eigenvalue weighted by Crippen LogP contribution is -2.28. The molecule has 2 heterocycles. The van der Waals surface area contributed by atoms with Crippen LogP contribution in [0.4, 0.5) is 11.4 Å². The van der Waals surface area contributed by atoms with E-state index in [1.807, 2.05) is 36.4 Å². The van der Waals surface area contributed by atoms with Crippen LogP contribution in [0, 0.1) is 0 Å². The minimum Gasteiger partial charge on any atom is -0.492 e. The van der Waals surface area contributed by atoms with Crippen molar-refractivity contribution in [1.82, 2.24) is 10.3 Å². The number of pyridine rings is 1. The van der Waals surface area contributed by atoms with Gasteiger partial charge in [0.25, 0.3) is 11.8 Å². The number of carbonyl (C=O) groups excluding carboxylic acids is 2.